The van der Waals surface area contributed by atoms with E-state index in [2.05, 4.69) is 39.3 Å². The first-order chi connectivity index (χ1) is 10.5. The highest BCUT2D eigenvalue weighted by atomic mass is 32.1. The van der Waals surface area contributed by atoms with Gasteiger partial charge in [-0.1, -0.05) is 25.2 Å². The minimum atomic E-state index is -0.193. The predicted octanol–water partition coefficient (Wildman–Crippen LogP) is 3.17. The maximum atomic E-state index is 12.3. The van der Waals surface area contributed by atoms with Gasteiger partial charge in [0.15, 0.2) is 0 Å². The Labute approximate surface area is 132 Å². The summed E-state index contributed by atoms with van der Waals surface area (Å²) in [6, 6.07) is 5.38. The number of carbonyl (C=O) groups excluding carboxylic acids is 1. The Morgan fingerprint density at radius 2 is 2.18 bits per heavy atom. The third kappa shape index (κ3) is 3.14. The molecule has 3 rings (SSSR count). The second kappa shape index (κ2) is 5.84. The van der Waals surface area contributed by atoms with E-state index in [4.69, 9.17) is 0 Å². The molecule has 0 saturated heterocycles. The van der Waals surface area contributed by atoms with Crippen LogP contribution in [-0.4, -0.2) is 26.1 Å². The van der Waals surface area contributed by atoms with Gasteiger partial charge in [-0.3, -0.25) is 10.1 Å². The second-order valence-corrected chi connectivity index (χ2v) is 6.67. The van der Waals surface area contributed by atoms with Crippen LogP contribution in [0.15, 0.2) is 18.2 Å². The quantitative estimate of drug-likeness (QED) is 0.774. The molecule has 0 fully saturated rings. The lowest BCUT2D eigenvalue weighted by Gasteiger charge is -2.01. The minimum Gasteiger partial charge on any atom is -0.342 e. The highest BCUT2D eigenvalue weighted by Crippen LogP contribution is 2.20. The number of hydrogen-bond acceptors (Lipinski definition) is 5. The molecule has 0 bridgehead atoms. The van der Waals surface area contributed by atoms with Crippen LogP contribution in [0.5, 0.6) is 0 Å². The van der Waals surface area contributed by atoms with Gasteiger partial charge in [0.2, 0.25) is 5.13 Å². The highest BCUT2D eigenvalue weighted by Gasteiger charge is 2.12. The van der Waals surface area contributed by atoms with E-state index < -0.39 is 0 Å². The molecule has 1 aromatic carbocycles. The van der Waals surface area contributed by atoms with Crippen LogP contribution >= 0.6 is 11.3 Å². The number of carbonyl (C=O) groups is 1. The van der Waals surface area contributed by atoms with Crippen molar-refractivity contribution in [3.63, 3.8) is 0 Å². The number of fused-ring (bicyclic) bond motifs is 1. The Hall–Kier alpha value is -2.28. The SMILES string of the molecule is Cc1nc2ccc(C(=O)Nc3nnc(CC(C)C)s3)cc2[nH]1. The fraction of sp³-hybridized carbons (Fsp3) is 0.333. The predicted molar refractivity (Wildman–Crippen MR) is 87.2 cm³/mol. The lowest BCUT2D eigenvalue weighted by atomic mass is 10.1. The van der Waals surface area contributed by atoms with Crippen molar-refractivity contribution in [2.75, 3.05) is 5.32 Å². The van der Waals surface area contributed by atoms with Crippen LogP contribution in [0.4, 0.5) is 5.13 Å². The Balaban J connectivity index is 1.76. The molecule has 2 N–H and O–H groups in total. The Morgan fingerprint density at radius 1 is 1.36 bits per heavy atom. The number of nitrogens with one attached hydrogen (secondary N) is 2. The Kier molecular flexibility index (Phi) is 3.89. The number of aryl methyl sites for hydroxylation is 1. The van der Waals surface area contributed by atoms with Crippen molar-refractivity contribution in [2.24, 2.45) is 5.92 Å². The summed E-state index contributed by atoms with van der Waals surface area (Å²) in [5, 5.41) is 12.4. The molecule has 0 saturated carbocycles. The average molecular weight is 315 g/mol. The molecule has 0 aliphatic carbocycles. The van der Waals surface area contributed by atoms with E-state index in [0.717, 1.165) is 28.3 Å². The summed E-state index contributed by atoms with van der Waals surface area (Å²) in [5.41, 5.74) is 2.27. The van der Waals surface area contributed by atoms with Crippen molar-refractivity contribution < 1.29 is 4.79 Å². The van der Waals surface area contributed by atoms with E-state index in [1.807, 2.05) is 13.0 Å². The first kappa shape index (κ1) is 14.6. The second-order valence-electron chi connectivity index (χ2n) is 5.61. The van der Waals surface area contributed by atoms with Crippen LogP contribution in [0.1, 0.15) is 35.0 Å². The number of aromatic amines is 1. The molecule has 0 aliphatic rings. The zero-order chi connectivity index (χ0) is 15.7. The maximum absolute atomic E-state index is 12.3. The first-order valence-electron chi connectivity index (χ1n) is 7.11. The maximum Gasteiger partial charge on any atom is 0.257 e. The van der Waals surface area contributed by atoms with Gasteiger partial charge in [0.25, 0.3) is 5.91 Å². The number of rotatable bonds is 4. The van der Waals surface area contributed by atoms with E-state index in [-0.39, 0.29) is 5.91 Å². The van der Waals surface area contributed by atoms with E-state index >= 15 is 0 Å². The number of hydrogen-bond donors (Lipinski definition) is 2. The molecule has 1 amide bonds. The summed E-state index contributed by atoms with van der Waals surface area (Å²) in [6.07, 6.45) is 0.868. The van der Waals surface area contributed by atoms with Crippen LogP contribution < -0.4 is 5.32 Å². The molecule has 0 radical (unpaired) electrons. The number of benzene rings is 1. The Bertz CT molecular complexity index is 820. The van der Waals surface area contributed by atoms with Crippen LogP contribution in [-0.2, 0) is 6.42 Å². The van der Waals surface area contributed by atoms with Crippen LogP contribution in [0, 0.1) is 12.8 Å². The van der Waals surface area contributed by atoms with Crippen molar-refractivity contribution in [1.82, 2.24) is 20.2 Å². The summed E-state index contributed by atoms with van der Waals surface area (Å²) in [6.45, 7) is 6.14. The van der Waals surface area contributed by atoms with E-state index in [0.29, 0.717) is 16.6 Å². The summed E-state index contributed by atoms with van der Waals surface area (Å²) in [5.74, 6) is 1.15. The number of imidazole rings is 1. The lowest BCUT2D eigenvalue weighted by Crippen LogP contribution is -2.11. The largest absolute Gasteiger partial charge is 0.342 e. The molecule has 2 heterocycles. The molecule has 0 unspecified atom stereocenters. The van der Waals surface area contributed by atoms with Crippen molar-refractivity contribution in [2.45, 2.75) is 27.2 Å². The van der Waals surface area contributed by atoms with Crippen molar-refractivity contribution in [3.8, 4) is 0 Å². The molecule has 6 nitrogen and oxygen atoms in total. The van der Waals surface area contributed by atoms with Gasteiger partial charge < -0.3 is 4.98 Å². The molecule has 22 heavy (non-hydrogen) atoms. The fourth-order valence-electron chi connectivity index (χ4n) is 2.18. The van der Waals surface area contributed by atoms with E-state index in [1.165, 1.54) is 11.3 Å². The molecule has 0 aliphatic heterocycles. The number of H-pyrrole nitrogens is 1. The normalized spacial score (nSPS) is 11.3. The molecule has 3 aromatic rings. The fourth-order valence-corrected chi connectivity index (χ4v) is 3.13. The zero-order valence-electron chi connectivity index (χ0n) is 12.7. The minimum absolute atomic E-state index is 0.193. The van der Waals surface area contributed by atoms with Gasteiger partial charge in [-0.05, 0) is 31.0 Å². The molecule has 7 heteroatoms. The van der Waals surface area contributed by atoms with Gasteiger partial charge in [-0.2, -0.15) is 0 Å². The van der Waals surface area contributed by atoms with Gasteiger partial charge in [0.1, 0.15) is 10.8 Å². The summed E-state index contributed by atoms with van der Waals surface area (Å²) < 4.78 is 0. The topological polar surface area (TPSA) is 83.6 Å². The molecule has 0 atom stereocenters. The molecular weight excluding hydrogens is 298 g/mol. The Morgan fingerprint density at radius 3 is 2.95 bits per heavy atom. The number of amides is 1. The third-order valence-corrected chi connectivity index (χ3v) is 3.99. The van der Waals surface area contributed by atoms with Gasteiger partial charge in [0.05, 0.1) is 11.0 Å². The zero-order valence-corrected chi connectivity index (χ0v) is 13.5. The number of aromatic nitrogens is 4. The van der Waals surface area contributed by atoms with E-state index in [1.54, 1.807) is 12.1 Å². The van der Waals surface area contributed by atoms with Gasteiger partial charge in [-0.25, -0.2) is 4.98 Å². The van der Waals surface area contributed by atoms with E-state index in [9.17, 15) is 4.79 Å². The third-order valence-electron chi connectivity index (χ3n) is 3.13. The highest BCUT2D eigenvalue weighted by molar-refractivity contribution is 7.15. The first-order valence-corrected chi connectivity index (χ1v) is 7.93. The standard InChI is InChI=1S/C15H17N5OS/c1-8(2)6-13-19-20-15(22-13)18-14(21)10-4-5-11-12(7-10)17-9(3)16-11/h4-5,7-8H,6H2,1-3H3,(H,16,17)(H,18,20,21). The summed E-state index contributed by atoms with van der Waals surface area (Å²) >= 11 is 1.42. The summed E-state index contributed by atoms with van der Waals surface area (Å²) in [4.78, 5) is 19.7. The van der Waals surface area contributed by atoms with Crippen molar-refractivity contribution >= 4 is 33.4 Å². The van der Waals surface area contributed by atoms with Crippen LogP contribution in [0.2, 0.25) is 0 Å². The summed E-state index contributed by atoms with van der Waals surface area (Å²) in [7, 11) is 0. The van der Waals surface area contributed by atoms with Gasteiger partial charge >= 0.3 is 0 Å². The molecule has 114 valence electrons. The molecule has 0 spiro atoms. The van der Waals surface area contributed by atoms with Crippen LogP contribution in [0.3, 0.4) is 0 Å². The van der Waals surface area contributed by atoms with Crippen molar-refractivity contribution in [3.05, 3.63) is 34.6 Å². The number of anilines is 1. The monoisotopic (exact) mass is 315 g/mol. The number of nitrogens with zero attached hydrogens (tertiary/aromatic N) is 3. The average Bonchev–Trinajstić information content (AvgIpc) is 3.02. The van der Waals surface area contributed by atoms with Gasteiger partial charge in [-0.15, -0.1) is 10.2 Å². The lowest BCUT2D eigenvalue weighted by molar-refractivity contribution is 0.102. The van der Waals surface area contributed by atoms with Crippen molar-refractivity contribution in [1.29, 1.82) is 0 Å². The smallest absolute Gasteiger partial charge is 0.257 e. The molecular formula is C15H17N5OS. The van der Waals surface area contributed by atoms with Gasteiger partial charge in [0, 0.05) is 12.0 Å². The molecule has 2 aromatic heterocycles. The van der Waals surface area contributed by atoms with Crippen LogP contribution in [0.25, 0.3) is 11.0 Å².